The Labute approximate surface area is 153 Å². The van der Waals surface area contributed by atoms with Gasteiger partial charge in [-0.25, -0.2) is 9.38 Å². The molecule has 1 atom stereocenters. The molecule has 0 bridgehead atoms. The third-order valence-electron chi connectivity index (χ3n) is 4.10. The number of aromatic amines is 1. The molecule has 3 N–H and O–H groups in total. The molecule has 0 saturated carbocycles. The summed E-state index contributed by atoms with van der Waals surface area (Å²) in [6.45, 7) is 0. The average molecular weight is 363 g/mol. The molecule has 0 spiro atoms. The van der Waals surface area contributed by atoms with Gasteiger partial charge in [0.1, 0.15) is 5.82 Å². The number of aromatic nitrogens is 2. The third kappa shape index (κ3) is 3.20. The van der Waals surface area contributed by atoms with Crippen LogP contribution >= 0.6 is 0 Å². The van der Waals surface area contributed by atoms with Crippen molar-refractivity contribution >= 4 is 23.2 Å². The van der Waals surface area contributed by atoms with Crippen molar-refractivity contribution in [3.05, 3.63) is 83.4 Å². The van der Waals surface area contributed by atoms with E-state index < -0.39 is 23.8 Å². The van der Waals surface area contributed by atoms with Gasteiger partial charge in [0.15, 0.2) is 0 Å². The minimum absolute atomic E-state index is 0.0326. The number of anilines is 1. The number of benzodiazepines with no additional fused rings is 1. The summed E-state index contributed by atoms with van der Waals surface area (Å²) in [6, 6.07) is 13.6. The highest BCUT2D eigenvalue weighted by molar-refractivity contribution is 6.20. The van der Waals surface area contributed by atoms with Crippen molar-refractivity contribution in [2.45, 2.75) is 6.17 Å². The highest BCUT2D eigenvalue weighted by atomic mass is 19.1. The topological polar surface area (TPSA) is 99.2 Å². The number of hydrogen-bond donors (Lipinski definition) is 3. The predicted octanol–water partition coefficient (Wildman–Crippen LogP) is 2.09. The lowest BCUT2D eigenvalue weighted by Crippen LogP contribution is -2.42. The lowest BCUT2D eigenvalue weighted by atomic mass is 10.0. The Morgan fingerprint density at radius 1 is 1.11 bits per heavy atom. The quantitative estimate of drug-likeness (QED) is 0.664. The van der Waals surface area contributed by atoms with Crippen molar-refractivity contribution in [2.24, 2.45) is 4.99 Å². The Bertz CT molecular complexity index is 1030. The van der Waals surface area contributed by atoms with Crippen LogP contribution in [0.2, 0.25) is 0 Å². The van der Waals surface area contributed by atoms with Crippen LogP contribution in [0.15, 0.2) is 65.9 Å². The number of carbonyl (C=O) groups is 2. The van der Waals surface area contributed by atoms with Crippen molar-refractivity contribution in [1.82, 2.24) is 15.5 Å². The molecule has 4 rings (SSSR count). The number of carbonyl (C=O) groups excluding carboxylic acids is 2. The number of nitrogens with zero attached hydrogens (tertiary/aromatic N) is 2. The van der Waals surface area contributed by atoms with Gasteiger partial charge in [0, 0.05) is 17.3 Å². The molecule has 2 heterocycles. The van der Waals surface area contributed by atoms with E-state index in [0.717, 1.165) is 0 Å². The van der Waals surface area contributed by atoms with Crippen molar-refractivity contribution < 1.29 is 14.0 Å². The highest BCUT2D eigenvalue weighted by Crippen LogP contribution is 2.26. The van der Waals surface area contributed by atoms with Gasteiger partial charge in [0.25, 0.3) is 11.8 Å². The Morgan fingerprint density at radius 3 is 2.67 bits per heavy atom. The SMILES string of the molecule is O=C(N[C@H]1N=C(c2ccccc2)c2cccc(F)c2NC1=O)c1cn[nH]c1. The van der Waals surface area contributed by atoms with Gasteiger partial charge >= 0.3 is 0 Å². The highest BCUT2D eigenvalue weighted by Gasteiger charge is 2.29. The summed E-state index contributed by atoms with van der Waals surface area (Å²) in [6.07, 6.45) is 1.51. The standard InChI is InChI=1S/C19H14FN5O2/c20-14-8-4-7-13-15(11-5-2-1-3-6-11)23-17(19(27)24-16(13)14)25-18(26)12-9-21-22-10-12/h1-10,17H,(H,21,22)(H,24,27)(H,25,26)/t17-/m1/s1. The maximum atomic E-state index is 14.4. The molecule has 7 nitrogen and oxygen atoms in total. The Hall–Kier alpha value is -3.81. The number of hydrogen-bond acceptors (Lipinski definition) is 4. The molecule has 0 aliphatic carbocycles. The minimum atomic E-state index is -1.23. The molecule has 0 radical (unpaired) electrons. The first kappa shape index (κ1) is 16.6. The minimum Gasteiger partial charge on any atom is -0.322 e. The van der Waals surface area contributed by atoms with E-state index in [0.29, 0.717) is 16.8 Å². The fourth-order valence-electron chi connectivity index (χ4n) is 2.80. The summed E-state index contributed by atoms with van der Waals surface area (Å²) >= 11 is 0. The van der Waals surface area contributed by atoms with E-state index in [9.17, 15) is 14.0 Å². The zero-order chi connectivity index (χ0) is 18.8. The second kappa shape index (κ2) is 6.83. The molecule has 3 aromatic rings. The number of para-hydroxylation sites is 1. The number of aliphatic imine (C=N–C) groups is 1. The molecule has 27 heavy (non-hydrogen) atoms. The van der Waals surface area contributed by atoms with Crippen LogP contribution in [0, 0.1) is 5.82 Å². The lowest BCUT2D eigenvalue weighted by molar-refractivity contribution is -0.117. The summed E-state index contributed by atoms with van der Waals surface area (Å²) in [5.41, 5.74) is 1.83. The Morgan fingerprint density at radius 2 is 1.93 bits per heavy atom. The molecular formula is C19H14FN5O2. The molecule has 1 aliphatic rings. The largest absolute Gasteiger partial charge is 0.322 e. The van der Waals surface area contributed by atoms with Gasteiger partial charge in [-0.05, 0) is 6.07 Å². The first-order valence-electron chi connectivity index (χ1n) is 8.16. The van der Waals surface area contributed by atoms with Crippen LogP contribution in [0.3, 0.4) is 0 Å². The van der Waals surface area contributed by atoms with Gasteiger partial charge in [-0.1, -0.05) is 42.5 Å². The van der Waals surface area contributed by atoms with Crippen LogP contribution in [0.4, 0.5) is 10.1 Å². The first-order valence-corrected chi connectivity index (χ1v) is 8.16. The van der Waals surface area contributed by atoms with E-state index in [-0.39, 0.29) is 11.3 Å². The van der Waals surface area contributed by atoms with Gasteiger partial charge in [-0.3, -0.25) is 14.7 Å². The maximum absolute atomic E-state index is 14.4. The number of amides is 2. The van der Waals surface area contributed by atoms with Gasteiger partial charge < -0.3 is 10.6 Å². The van der Waals surface area contributed by atoms with Crippen LogP contribution in [0.5, 0.6) is 0 Å². The molecule has 2 amide bonds. The zero-order valence-corrected chi connectivity index (χ0v) is 13.9. The van der Waals surface area contributed by atoms with Crippen LogP contribution in [0.1, 0.15) is 21.5 Å². The summed E-state index contributed by atoms with van der Waals surface area (Å²) in [4.78, 5) is 29.3. The molecular weight excluding hydrogens is 349 g/mol. The van der Waals surface area contributed by atoms with Crippen molar-refractivity contribution in [3.63, 3.8) is 0 Å². The van der Waals surface area contributed by atoms with E-state index in [1.54, 1.807) is 24.3 Å². The molecule has 0 saturated heterocycles. The average Bonchev–Trinajstić information content (AvgIpc) is 3.18. The number of H-pyrrole nitrogens is 1. The summed E-state index contributed by atoms with van der Waals surface area (Å²) in [7, 11) is 0. The lowest BCUT2D eigenvalue weighted by Gasteiger charge is -2.12. The van der Waals surface area contributed by atoms with Crippen LogP contribution in [-0.2, 0) is 4.79 Å². The molecule has 0 unspecified atom stereocenters. The number of nitrogens with one attached hydrogen (secondary N) is 3. The Kier molecular flexibility index (Phi) is 4.21. The van der Waals surface area contributed by atoms with E-state index in [1.165, 1.54) is 18.5 Å². The van der Waals surface area contributed by atoms with Gasteiger partial charge in [0.2, 0.25) is 6.17 Å². The second-order valence-electron chi connectivity index (χ2n) is 5.86. The molecule has 1 aliphatic heterocycles. The number of fused-ring (bicyclic) bond motifs is 1. The summed E-state index contributed by atoms with van der Waals surface area (Å²) < 4.78 is 14.4. The molecule has 134 valence electrons. The molecule has 2 aromatic carbocycles. The fraction of sp³-hybridized carbons (Fsp3) is 0.0526. The number of rotatable bonds is 3. The predicted molar refractivity (Wildman–Crippen MR) is 97.0 cm³/mol. The Balaban J connectivity index is 1.79. The monoisotopic (exact) mass is 363 g/mol. The van der Waals surface area contributed by atoms with E-state index >= 15 is 0 Å². The fourth-order valence-corrected chi connectivity index (χ4v) is 2.80. The van der Waals surface area contributed by atoms with Crippen molar-refractivity contribution in [2.75, 3.05) is 5.32 Å². The molecule has 8 heteroatoms. The van der Waals surface area contributed by atoms with Gasteiger partial charge in [-0.15, -0.1) is 0 Å². The van der Waals surface area contributed by atoms with Gasteiger partial charge in [0.05, 0.1) is 23.2 Å². The first-order chi connectivity index (χ1) is 13.1. The maximum Gasteiger partial charge on any atom is 0.269 e. The van der Waals surface area contributed by atoms with Gasteiger partial charge in [-0.2, -0.15) is 5.10 Å². The van der Waals surface area contributed by atoms with Crippen molar-refractivity contribution in [1.29, 1.82) is 0 Å². The van der Waals surface area contributed by atoms with E-state index in [1.807, 2.05) is 18.2 Å². The normalized spacial score (nSPS) is 16.0. The molecule has 0 fully saturated rings. The van der Waals surface area contributed by atoms with Crippen LogP contribution in [-0.4, -0.2) is 33.9 Å². The van der Waals surface area contributed by atoms with Crippen molar-refractivity contribution in [3.8, 4) is 0 Å². The van der Waals surface area contributed by atoms with Crippen LogP contribution in [0.25, 0.3) is 0 Å². The third-order valence-corrected chi connectivity index (χ3v) is 4.10. The summed E-state index contributed by atoms with van der Waals surface area (Å²) in [5.74, 6) is -1.73. The van der Waals surface area contributed by atoms with E-state index in [2.05, 4.69) is 25.8 Å². The second-order valence-corrected chi connectivity index (χ2v) is 5.86. The number of halogens is 1. The zero-order valence-electron chi connectivity index (χ0n) is 13.9. The summed E-state index contributed by atoms with van der Waals surface area (Å²) in [5, 5.41) is 11.3. The smallest absolute Gasteiger partial charge is 0.269 e. The molecule has 1 aromatic heterocycles. The van der Waals surface area contributed by atoms with E-state index in [4.69, 9.17) is 0 Å². The number of benzene rings is 2. The van der Waals surface area contributed by atoms with Crippen LogP contribution < -0.4 is 10.6 Å².